The van der Waals surface area contributed by atoms with Crippen LogP contribution in [0.3, 0.4) is 0 Å². The predicted molar refractivity (Wildman–Crippen MR) is 124 cm³/mol. The molecule has 0 amide bonds. The molecule has 2 aromatic heterocycles. The summed E-state index contributed by atoms with van der Waals surface area (Å²) >= 11 is 6.20. The highest BCUT2D eigenvalue weighted by molar-refractivity contribution is 6.30. The summed E-state index contributed by atoms with van der Waals surface area (Å²) in [6.07, 6.45) is 3.30. The van der Waals surface area contributed by atoms with E-state index in [0.29, 0.717) is 5.92 Å². The van der Waals surface area contributed by atoms with Crippen molar-refractivity contribution in [1.82, 2.24) is 9.55 Å². The molecule has 0 radical (unpaired) electrons. The molecule has 5 rings (SSSR count). The van der Waals surface area contributed by atoms with E-state index in [-0.39, 0.29) is 12.4 Å². The fourth-order valence-electron chi connectivity index (χ4n) is 4.32. The van der Waals surface area contributed by atoms with E-state index in [4.69, 9.17) is 22.3 Å². The van der Waals surface area contributed by atoms with Crippen LogP contribution in [0.15, 0.2) is 60.8 Å². The summed E-state index contributed by atoms with van der Waals surface area (Å²) in [4.78, 5) is 7.44. The second-order valence-electron chi connectivity index (χ2n) is 7.62. The number of rotatable bonds is 4. The van der Waals surface area contributed by atoms with Crippen molar-refractivity contribution >= 4 is 51.6 Å². The van der Waals surface area contributed by atoms with E-state index in [9.17, 15) is 0 Å². The van der Waals surface area contributed by atoms with E-state index in [2.05, 4.69) is 52.1 Å². The van der Waals surface area contributed by atoms with Gasteiger partial charge in [-0.05, 0) is 48.7 Å². The summed E-state index contributed by atoms with van der Waals surface area (Å²) in [6.45, 7) is 3.52. The van der Waals surface area contributed by atoms with Gasteiger partial charge in [-0.3, -0.25) is 0 Å². The summed E-state index contributed by atoms with van der Waals surface area (Å²) in [5.41, 5.74) is 9.38. The molecule has 6 heteroatoms. The highest BCUT2D eigenvalue weighted by Crippen LogP contribution is 2.35. The molecule has 1 aliphatic rings. The Kier molecular flexibility index (Phi) is 5.68. The smallest absolute Gasteiger partial charge is 0.138 e. The number of halogens is 2. The Morgan fingerprint density at radius 3 is 2.72 bits per heavy atom. The van der Waals surface area contributed by atoms with E-state index in [1.165, 1.54) is 21.9 Å². The van der Waals surface area contributed by atoms with Gasteiger partial charge in [-0.1, -0.05) is 41.9 Å². The van der Waals surface area contributed by atoms with Gasteiger partial charge in [0.25, 0.3) is 0 Å². The van der Waals surface area contributed by atoms with Crippen molar-refractivity contribution in [2.45, 2.75) is 13.0 Å². The number of para-hydroxylation sites is 1. The Labute approximate surface area is 181 Å². The Morgan fingerprint density at radius 1 is 1.07 bits per heavy atom. The molecule has 0 spiro atoms. The molecule has 4 aromatic rings. The standard InChI is InChI=1S/C23H23ClN4.ClH/c24-18-5-3-4-16(12-18)14-27-11-9-20-22(27)19-6-1-2-7-21(19)26-23(20)28-10-8-17(13-25)15-28;/h1-7,9,11-12,17H,8,10,13-15,25H2;1H/t17-;/m0./s1. The molecule has 150 valence electrons. The second-order valence-corrected chi connectivity index (χ2v) is 8.06. The highest BCUT2D eigenvalue weighted by Gasteiger charge is 2.25. The lowest BCUT2D eigenvalue weighted by molar-refractivity contribution is 0.602. The van der Waals surface area contributed by atoms with Crippen LogP contribution in [0.5, 0.6) is 0 Å². The molecule has 1 saturated heterocycles. The van der Waals surface area contributed by atoms with Crippen LogP contribution >= 0.6 is 24.0 Å². The third-order valence-electron chi connectivity index (χ3n) is 5.75. The maximum absolute atomic E-state index is 6.20. The molecule has 0 saturated carbocycles. The fraction of sp³-hybridized carbons (Fsp3) is 0.261. The van der Waals surface area contributed by atoms with Crippen LogP contribution in [0, 0.1) is 5.92 Å². The summed E-state index contributed by atoms with van der Waals surface area (Å²) in [5, 5.41) is 3.16. The predicted octanol–water partition coefficient (Wildman–Crippen LogP) is 5.10. The zero-order valence-electron chi connectivity index (χ0n) is 16.1. The van der Waals surface area contributed by atoms with Gasteiger partial charge in [0, 0.05) is 41.6 Å². The van der Waals surface area contributed by atoms with Crippen molar-refractivity contribution in [3.05, 3.63) is 71.4 Å². The van der Waals surface area contributed by atoms with E-state index < -0.39 is 0 Å². The minimum atomic E-state index is 0. The largest absolute Gasteiger partial charge is 0.356 e. The van der Waals surface area contributed by atoms with Gasteiger partial charge in [0.15, 0.2) is 0 Å². The molecule has 1 aliphatic heterocycles. The van der Waals surface area contributed by atoms with Gasteiger partial charge in [-0.15, -0.1) is 12.4 Å². The first kappa shape index (κ1) is 20.0. The lowest BCUT2D eigenvalue weighted by Crippen LogP contribution is -2.23. The molecule has 2 aromatic carbocycles. The number of aromatic nitrogens is 2. The number of hydrogen-bond acceptors (Lipinski definition) is 3. The number of benzene rings is 2. The zero-order chi connectivity index (χ0) is 19.1. The Balaban J connectivity index is 0.00000205. The van der Waals surface area contributed by atoms with Crippen molar-refractivity contribution in [2.24, 2.45) is 11.7 Å². The number of anilines is 1. The average molecular weight is 427 g/mol. The van der Waals surface area contributed by atoms with Gasteiger partial charge in [-0.25, -0.2) is 4.98 Å². The van der Waals surface area contributed by atoms with E-state index >= 15 is 0 Å². The van der Waals surface area contributed by atoms with Crippen molar-refractivity contribution in [3.63, 3.8) is 0 Å². The fourth-order valence-corrected chi connectivity index (χ4v) is 4.53. The van der Waals surface area contributed by atoms with Crippen LogP contribution in [-0.2, 0) is 6.54 Å². The molecule has 1 fully saturated rings. The van der Waals surface area contributed by atoms with Gasteiger partial charge in [0.05, 0.1) is 11.0 Å². The maximum atomic E-state index is 6.20. The van der Waals surface area contributed by atoms with E-state index in [1.807, 2.05) is 18.2 Å². The zero-order valence-corrected chi connectivity index (χ0v) is 17.7. The maximum Gasteiger partial charge on any atom is 0.138 e. The van der Waals surface area contributed by atoms with Crippen LogP contribution in [0.1, 0.15) is 12.0 Å². The van der Waals surface area contributed by atoms with Gasteiger partial charge >= 0.3 is 0 Å². The third-order valence-corrected chi connectivity index (χ3v) is 5.99. The van der Waals surface area contributed by atoms with Crippen LogP contribution in [0.25, 0.3) is 21.8 Å². The molecule has 0 aliphatic carbocycles. The topological polar surface area (TPSA) is 47.1 Å². The molecule has 0 unspecified atom stereocenters. The molecule has 4 nitrogen and oxygen atoms in total. The van der Waals surface area contributed by atoms with Gasteiger partial charge in [-0.2, -0.15) is 0 Å². The summed E-state index contributed by atoms with van der Waals surface area (Å²) in [5.74, 6) is 1.63. The first-order valence-electron chi connectivity index (χ1n) is 9.80. The molecule has 0 bridgehead atoms. The molecule has 3 heterocycles. The number of pyridine rings is 1. The lowest BCUT2D eigenvalue weighted by atomic mass is 10.1. The van der Waals surface area contributed by atoms with Gasteiger partial charge < -0.3 is 15.2 Å². The molecular formula is C23H24Cl2N4. The molecular weight excluding hydrogens is 403 g/mol. The number of hydrogen-bond donors (Lipinski definition) is 1. The van der Waals surface area contributed by atoms with Crippen molar-refractivity contribution in [3.8, 4) is 0 Å². The van der Waals surface area contributed by atoms with E-state index in [0.717, 1.165) is 49.0 Å². The Morgan fingerprint density at radius 2 is 1.93 bits per heavy atom. The summed E-state index contributed by atoms with van der Waals surface area (Å²) in [6, 6.07) is 18.7. The average Bonchev–Trinajstić information content (AvgIpc) is 3.35. The first-order chi connectivity index (χ1) is 13.7. The third kappa shape index (κ3) is 3.68. The molecule has 29 heavy (non-hydrogen) atoms. The second kappa shape index (κ2) is 8.23. The van der Waals surface area contributed by atoms with Crippen LogP contribution < -0.4 is 10.6 Å². The van der Waals surface area contributed by atoms with Crippen LogP contribution in [0.2, 0.25) is 5.02 Å². The van der Waals surface area contributed by atoms with E-state index in [1.54, 1.807) is 0 Å². The van der Waals surface area contributed by atoms with Crippen molar-refractivity contribution in [1.29, 1.82) is 0 Å². The van der Waals surface area contributed by atoms with Gasteiger partial charge in [0.2, 0.25) is 0 Å². The van der Waals surface area contributed by atoms with Crippen LogP contribution in [0.4, 0.5) is 5.82 Å². The first-order valence-corrected chi connectivity index (χ1v) is 10.2. The lowest BCUT2D eigenvalue weighted by Gasteiger charge is -2.20. The minimum absolute atomic E-state index is 0. The Bertz CT molecular complexity index is 1150. The minimum Gasteiger partial charge on any atom is -0.356 e. The number of nitrogens with zero attached hydrogens (tertiary/aromatic N) is 3. The SMILES string of the molecule is Cl.NC[C@@H]1CCN(c2nc3ccccc3c3c2ccn3Cc2cccc(Cl)c2)C1. The highest BCUT2D eigenvalue weighted by atomic mass is 35.5. The quantitative estimate of drug-likeness (QED) is 0.493. The monoisotopic (exact) mass is 426 g/mol. The molecule has 2 N–H and O–H groups in total. The Hall–Kier alpha value is -2.27. The van der Waals surface area contributed by atoms with Crippen molar-refractivity contribution in [2.75, 3.05) is 24.5 Å². The normalized spacial score (nSPS) is 16.5. The van der Waals surface area contributed by atoms with Crippen molar-refractivity contribution < 1.29 is 0 Å². The summed E-state index contributed by atoms with van der Waals surface area (Å²) < 4.78 is 2.31. The number of fused-ring (bicyclic) bond motifs is 3. The summed E-state index contributed by atoms with van der Waals surface area (Å²) in [7, 11) is 0. The molecule has 1 atom stereocenters. The van der Waals surface area contributed by atoms with Crippen LogP contribution in [-0.4, -0.2) is 29.2 Å². The number of nitrogens with two attached hydrogens (primary N) is 1. The van der Waals surface area contributed by atoms with Gasteiger partial charge in [0.1, 0.15) is 5.82 Å².